The second-order valence-electron chi connectivity index (χ2n) is 4.45. The summed E-state index contributed by atoms with van der Waals surface area (Å²) in [7, 11) is 1.60. The van der Waals surface area contributed by atoms with E-state index >= 15 is 0 Å². The third-order valence-electron chi connectivity index (χ3n) is 3.13. The van der Waals surface area contributed by atoms with Gasteiger partial charge in [-0.1, -0.05) is 6.07 Å². The van der Waals surface area contributed by atoms with E-state index in [0.29, 0.717) is 29.9 Å². The number of carbonyl (C=O) groups is 1. The van der Waals surface area contributed by atoms with Gasteiger partial charge in [0.2, 0.25) is 5.91 Å². The van der Waals surface area contributed by atoms with E-state index in [4.69, 9.17) is 16.9 Å². The number of benzene rings is 1. The number of nitriles is 1. The first-order valence-corrected chi connectivity index (χ1v) is 6.76. The van der Waals surface area contributed by atoms with E-state index in [0.717, 1.165) is 5.52 Å². The highest BCUT2D eigenvalue weighted by Gasteiger charge is 2.17. The molecule has 0 saturated carbocycles. The smallest absolute Gasteiger partial charge is 0.221 e. The standard InChI is InChI=1S/C14H15ClN4O/c1-9(15)14-18-13-10(8-16)4-3-5-11(13)19(14)7-6-12(20)17-2/h3-5,9H,6-7H2,1-2H3,(H,17,20). The van der Waals surface area contributed by atoms with E-state index in [1.54, 1.807) is 13.1 Å². The molecule has 1 atom stereocenters. The van der Waals surface area contributed by atoms with Gasteiger partial charge in [0.05, 0.1) is 16.5 Å². The molecule has 6 heteroatoms. The number of nitrogens with one attached hydrogen (secondary N) is 1. The maximum atomic E-state index is 11.4. The summed E-state index contributed by atoms with van der Waals surface area (Å²) >= 11 is 6.16. The number of hydrogen-bond donors (Lipinski definition) is 1. The fraction of sp³-hybridized carbons (Fsp3) is 0.357. The fourth-order valence-electron chi connectivity index (χ4n) is 2.13. The van der Waals surface area contributed by atoms with Crippen molar-refractivity contribution in [2.75, 3.05) is 7.05 Å². The molecule has 0 fully saturated rings. The molecule has 0 aliphatic carbocycles. The van der Waals surface area contributed by atoms with Crippen LogP contribution in [0, 0.1) is 11.3 Å². The molecule has 0 aliphatic rings. The Balaban J connectivity index is 2.52. The molecule has 1 aromatic heterocycles. The second kappa shape index (κ2) is 5.93. The van der Waals surface area contributed by atoms with Crippen LogP contribution in [0.2, 0.25) is 0 Å². The van der Waals surface area contributed by atoms with E-state index in [9.17, 15) is 4.79 Å². The van der Waals surface area contributed by atoms with Gasteiger partial charge >= 0.3 is 0 Å². The minimum atomic E-state index is -0.293. The molecule has 1 N–H and O–H groups in total. The van der Waals surface area contributed by atoms with Crippen molar-refractivity contribution in [3.8, 4) is 6.07 Å². The Morgan fingerprint density at radius 3 is 2.95 bits per heavy atom. The van der Waals surface area contributed by atoms with Crippen molar-refractivity contribution in [2.45, 2.75) is 25.3 Å². The van der Waals surface area contributed by atoms with Crippen LogP contribution in [0.15, 0.2) is 18.2 Å². The number of nitrogens with zero attached hydrogens (tertiary/aromatic N) is 3. The Morgan fingerprint density at radius 1 is 1.60 bits per heavy atom. The second-order valence-corrected chi connectivity index (χ2v) is 5.10. The molecule has 104 valence electrons. The topological polar surface area (TPSA) is 70.7 Å². The summed E-state index contributed by atoms with van der Waals surface area (Å²) < 4.78 is 1.91. The summed E-state index contributed by atoms with van der Waals surface area (Å²) in [6.07, 6.45) is 0.343. The van der Waals surface area contributed by atoms with Gasteiger partial charge in [-0.25, -0.2) is 4.98 Å². The van der Waals surface area contributed by atoms with Gasteiger partial charge in [-0.15, -0.1) is 11.6 Å². The Bertz CT molecular complexity index is 684. The highest BCUT2D eigenvalue weighted by Crippen LogP contribution is 2.26. The predicted molar refractivity (Wildman–Crippen MR) is 77.4 cm³/mol. The zero-order valence-corrected chi connectivity index (χ0v) is 12.1. The van der Waals surface area contributed by atoms with Crippen molar-refractivity contribution >= 4 is 28.5 Å². The number of para-hydroxylation sites is 1. The van der Waals surface area contributed by atoms with Gasteiger partial charge < -0.3 is 9.88 Å². The van der Waals surface area contributed by atoms with Gasteiger partial charge in [0.1, 0.15) is 17.4 Å². The summed E-state index contributed by atoms with van der Waals surface area (Å²) in [5, 5.41) is 11.4. The average molecular weight is 291 g/mol. The summed E-state index contributed by atoms with van der Waals surface area (Å²) in [5.74, 6) is 0.629. The molecule has 1 unspecified atom stereocenters. The van der Waals surface area contributed by atoms with Crippen molar-refractivity contribution in [3.05, 3.63) is 29.6 Å². The molecule has 0 aliphatic heterocycles. The van der Waals surface area contributed by atoms with Crippen LogP contribution in [-0.4, -0.2) is 22.5 Å². The summed E-state index contributed by atoms with van der Waals surface area (Å²) in [6.45, 7) is 2.31. The first-order valence-electron chi connectivity index (χ1n) is 6.32. The van der Waals surface area contributed by atoms with E-state index in [-0.39, 0.29) is 11.3 Å². The number of imidazole rings is 1. The lowest BCUT2D eigenvalue weighted by atomic mass is 10.2. The SMILES string of the molecule is CNC(=O)CCn1c(C(C)Cl)nc2c(C#N)cccc21. The van der Waals surface area contributed by atoms with Crippen molar-refractivity contribution in [1.29, 1.82) is 5.26 Å². The van der Waals surface area contributed by atoms with Crippen LogP contribution in [0.4, 0.5) is 0 Å². The van der Waals surface area contributed by atoms with Gasteiger partial charge in [-0.2, -0.15) is 5.26 Å². The molecule has 5 nitrogen and oxygen atoms in total. The van der Waals surface area contributed by atoms with Gasteiger partial charge in [0.15, 0.2) is 0 Å². The molecule has 2 aromatic rings. The predicted octanol–water partition coefficient (Wildman–Crippen LogP) is 2.34. The summed E-state index contributed by atoms with van der Waals surface area (Å²) in [6, 6.07) is 7.54. The number of fused-ring (bicyclic) bond motifs is 1. The van der Waals surface area contributed by atoms with E-state index < -0.39 is 0 Å². The molecule has 2 rings (SSSR count). The van der Waals surface area contributed by atoms with Crippen molar-refractivity contribution in [3.63, 3.8) is 0 Å². The maximum absolute atomic E-state index is 11.4. The number of aryl methyl sites for hydroxylation is 1. The quantitative estimate of drug-likeness (QED) is 0.879. The van der Waals surface area contributed by atoms with Crippen molar-refractivity contribution < 1.29 is 4.79 Å². The normalized spacial score (nSPS) is 12.1. The number of rotatable bonds is 4. The molecule has 1 amide bonds. The van der Waals surface area contributed by atoms with Crippen LogP contribution in [0.1, 0.15) is 30.1 Å². The van der Waals surface area contributed by atoms with Crippen LogP contribution in [0.5, 0.6) is 0 Å². The lowest BCUT2D eigenvalue weighted by molar-refractivity contribution is -0.120. The molecule has 0 radical (unpaired) electrons. The zero-order chi connectivity index (χ0) is 14.7. The molecule has 0 saturated heterocycles. The summed E-state index contributed by atoms with van der Waals surface area (Å²) in [4.78, 5) is 15.9. The Morgan fingerprint density at radius 2 is 2.35 bits per heavy atom. The van der Waals surface area contributed by atoms with E-state index in [1.165, 1.54) is 0 Å². The highest BCUT2D eigenvalue weighted by atomic mass is 35.5. The molecular weight excluding hydrogens is 276 g/mol. The van der Waals surface area contributed by atoms with Gasteiger partial charge in [0.25, 0.3) is 0 Å². The summed E-state index contributed by atoms with van der Waals surface area (Å²) in [5.41, 5.74) is 1.98. The molecule has 20 heavy (non-hydrogen) atoms. The molecule has 1 heterocycles. The van der Waals surface area contributed by atoms with Crippen LogP contribution in [0.3, 0.4) is 0 Å². The molecular formula is C14H15ClN4O. The van der Waals surface area contributed by atoms with E-state index in [2.05, 4.69) is 16.4 Å². The van der Waals surface area contributed by atoms with Gasteiger partial charge in [-0.3, -0.25) is 4.79 Å². The van der Waals surface area contributed by atoms with E-state index in [1.807, 2.05) is 23.6 Å². The number of amides is 1. The molecule has 1 aromatic carbocycles. The number of carbonyl (C=O) groups excluding carboxylic acids is 1. The average Bonchev–Trinajstić information content (AvgIpc) is 2.83. The number of alkyl halides is 1. The first-order chi connectivity index (χ1) is 9.58. The van der Waals surface area contributed by atoms with Crippen LogP contribution in [-0.2, 0) is 11.3 Å². The molecule has 0 spiro atoms. The number of aromatic nitrogens is 2. The minimum Gasteiger partial charge on any atom is -0.359 e. The number of hydrogen-bond acceptors (Lipinski definition) is 3. The lowest BCUT2D eigenvalue weighted by Gasteiger charge is -2.09. The van der Waals surface area contributed by atoms with Crippen molar-refractivity contribution in [1.82, 2.24) is 14.9 Å². The zero-order valence-electron chi connectivity index (χ0n) is 11.4. The minimum absolute atomic E-state index is 0.0449. The van der Waals surface area contributed by atoms with Crippen molar-refractivity contribution in [2.24, 2.45) is 0 Å². The lowest BCUT2D eigenvalue weighted by Crippen LogP contribution is -2.20. The third-order valence-corrected chi connectivity index (χ3v) is 3.32. The van der Waals surface area contributed by atoms with Gasteiger partial charge in [0, 0.05) is 20.0 Å². The largest absolute Gasteiger partial charge is 0.359 e. The molecule has 0 bridgehead atoms. The monoisotopic (exact) mass is 290 g/mol. The maximum Gasteiger partial charge on any atom is 0.221 e. The van der Waals surface area contributed by atoms with Crippen LogP contribution < -0.4 is 5.32 Å². The number of halogens is 1. The third kappa shape index (κ3) is 2.61. The first kappa shape index (κ1) is 14.4. The van der Waals surface area contributed by atoms with Crippen LogP contribution in [0.25, 0.3) is 11.0 Å². The Kier molecular flexibility index (Phi) is 4.26. The highest BCUT2D eigenvalue weighted by molar-refractivity contribution is 6.20. The Hall–Kier alpha value is -2.06. The Labute approximate surface area is 122 Å². The fourth-order valence-corrected chi connectivity index (χ4v) is 2.30. The van der Waals surface area contributed by atoms with Crippen LogP contribution >= 0.6 is 11.6 Å². The van der Waals surface area contributed by atoms with Gasteiger partial charge in [-0.05, 0) is 19.1 Å².